The van der Waals surface area contributed by atoms with Gasteiger partial charge in [-0.3, -0.25) is 9.78 Å². The second-order valence-electron chi connectivity index (χ2n) is 5.18. The van der Waals surface area contributed by atoms with Gasteiger partial charge in [-0.15, -0.1) is 11.3 Å². The molecule has 5 heteroatoms. The first kappa shape index (κ1) is 13.1. The highest BCUT2D eigenvalue weighted by Crippen LogP contribution is 2.35. The molecule has 0 bridgehead atoms. The Bertz CT molecular complexity index is 709. The molecule has 0 aromatic carbocycles. The van der Waals surface area contributed by atoms with Crippen molar-refractivity contribution < 1.29 is 4.79 Å². The van der Waals surface area contributed by atoms with Crippen molar-refractivity contribution in [1.29, 1.82) is 0 Å². The minimum Gasteiger partial charge on any atom is -0.397 e. The Morgan fingerprint density at radius 3 is 2.80 bits per heavy atom. The number of aryl methyl sites for hydroxylation is 2. The molecule has 1 aliphatic carbocycles. The molecule has 104 valence electrons. The average Bonchev–Trinajstić information content (AvgIpc) is 2.97. The van der Waals surface area contributed by atoms with Crippen LogP contribution in [0.5, 0.6) is 0 Å². The molecule has 0 unspecified atom stereocenters. The Labute approximate surface area is 121 Å². The Hall–Kier alpha value is -1.88. The van der Waals surface area contributed by atoms with E-state index in [9.17, 15) is 4.79 Å². The summed E-state index contributed by atoms with van der Waals surface area (Å²) in [6.45, 7) is 3.88. The van der Waals surface area contributed by atoms with E-state index in [1.165, 1.54) is 11.3 Å². The van der Waals surface area contributed by atoms with Gasteiger partial charge >= 0.3 is 0 Å². The van der Waals surface area contributed by atoms with Crippen LogP contribution >= 0.6 is 11.3 Å². The quantitative estimate of drug-likeness (QED) is 0.834. The number of fused-ring (bicyclic) bond motifs is 1. The molecule has 0 spiro atoms. The molecule has 1 amide bonds. The van der Waals surface area contributed by atoms with Gasteiger partial charge in [0.05, 0.1) is 5.69 Å². The zero-order chi connectivity index (χ0) is 14.3. The van der Waals surface area contributed by atoms with Crippen LogP contribution in [0.2, 0.25) is 0 Å². The molecule has 3 rings (SSSR count). The predicted octanol–water partition coefficient (Wildman–Crippen LogP) is 2.94. The molecular weight excluding hydrogens is 270 g/mol. The van der Waals surface area contributed by atoms with E-state index < -0.39 is 0 Å². The lowest BCUT2D eigenvalue weighted by Crippen LogP contribution is -2.32. The van der Waals surface area contributed by atoms with E-state index in [1.807, 2.05) is 19.9 Å². The van der Waals surface area contributed by atoms with Crippen LogP contribution in [0.15, 0.2) is 18.2 Å². The third kappa shape index (κ3) is 2.18. The van der Waals surface area contributed by atoms with E-state index in [4.69, 9.17) is 5.73 Å². The Morgan fingerprint density at radius 2 is 2.10 bits per heavy atom. The van der Waals surface area contributed by atoms with Gasteiger partial charge in [-0.1, -0.05) is 12.2 Å². The first-order valence-corrected chi connectivity index (χ1v) is 7.50. The Balaban J connectivity index is 1.97. The molecule has 3 N–H and O–H groups in total. The second-order valence-corrected chi connectivity index (χ2v) is 6.23. The van der Waals surface area contributed by atoms with E-state index in [0.29, 0.717) is 10.6 Å². The fourth-order valence-corrected chi connectivity index (χ4v) is 3.81. The number of thiophene rings is 1. The predicted molar refractivity (Wildman–Crippen MR) is 83.1 cm³/mol. The van der Waals surface area contributed by atoms with Crippen LogP contribution in [0.25, 0.3) is 10.1 Å². The summed E-state index contributed by atoms with van der Waals surface area (Å²) < 4.78 is 1.03. The lowest BCUT2D eigenvalue weighted by molar-refractivity contribution is 0.0944. The summed E-state index contributed by atoms with van der Waals surface area (Å²) in [5, 5.41) is 3.95. The molecule has 0 atom stereocenters. The van der Waals surface area contributed by atoms with Crippen LogP contribution in [0, 0.1) is 13.8 Å². The Kier molecular flexibility index (Phi) is 3.22. The third-order valence-electron chi connectivity index (χ3n) is 3.57. The number of nitrogens with two attached hydrogens (primary N) is 1. The number of carbonyl (C=O) groups is 1. The number of carbonyl (C=O) groups excluding carboxylic acids is 1. The van der Waals surface area contributed by atoms with Crippen LogP contribution in [0.3, 0.4) is 0 Å². The van der Waals surface area contributed by atoms with Crippen molar-refractivity contribution in [2.75, 3.05) is 5.73 Å². The van der Waals surface area contributed by atoms with Gasteiger partial charge in [0.2, 0.25) is 0 Å². The summed E-state index contributed by atoms with van der Waals surface area (Å²) in [5.74, 6) is -0.0746. The van der Waals surface area contributed by atoms with Gasteiger partial charge in [-0.05, 0) is 32.8 Å². The van der Waals surface area contributed by atoms with E-state index in [0.717, 1.165) is 34.3 Å². The normalized spacial score (nSPS) is 15.1. The molecule has 0 aliphatic heterocycles. The highest BCUT2D eigenvalue weighted by molar-refractivity contribution is 7.21. The SMILES string of the molecule is Cc1cc2sc(C(=O)NC3CC=CC3)c(N)c2c(C)n1. The number of rotatable bonds is 2. The molecule has 0 saturated carbocycles. The lowest BCUT2D eigenvalue weighted by Gasteiger charge is -2.11. The van der Waals surface area contributed by atoms with Crippen LogP contribution in [0.4, 0.5) is 5.69 Å². The molecule has 4 nitrogen and oxygen atoms in total. The lowest BCUT2D eigenvalue weighted by atomic mass is 10.2. The molecule has 0 fully saturated rings. The summed E-state index contributed by atoms with van der Waals surface area (Å²) in [7, 11) is 0. The maximum Gasteiger partial charge on any atom is 0.263 e. The number of pyridine rings is 1. The minimum absolute atomic E-state index is 0.0746. The molecule has 2 aromatic heterocycles. The van der Waals surface area contributed by atoms with Crippen LogP contribution in [-0.2, 0) is 0 Å². The fraction of sp³-hybridized carbons (Fsp3) is 0.333. The molecular formula is C15H17N3OS. The monoisotopic (exact) mass is 287 g/mol. The number of amides is 1. The number of hydrogen-bond acceptors (Lipinski definition) is 4. The number of nitrogens with one attached hydrogen (secondary N) is 1. The molecule has 2 heterocycles. The number of nitrogens with zero attached hydrogens (tertiary/aromatic N) is 1. The zero-order valence-corrected chi connectivity index (χ0v) is 12.4. The van der Waals surface area contributed by atoms with Gasteiger partial charge in [-0.2, -0.15) is 0 Å². The van der Waals surface area contributed by atoms with E-state index >= 15 is 0 Å². The molecule has 2 aromatic rings. The van der Waals surface area contributed by atoms with Crippen molar-refractivity contribution in [3.05, 3.63) is 34.5 Å². The summed E-state index contributed by atoms with van der Waals surface area (Å²) in [5.41, 5.74) is 8.55. The number of nitrogen functional groups attached to an aromatic ring is 1. The van der Waals surface area contributed by atoms with Gasteiger partial charge in [0.1, 0.15) is 4.88 Å². The third-order valence-corrected chi connectivity index (χ3v) is 4.72. The largest absolute Gasteiger partial charge is 0.397 e. The molecule has 0 saturated heterocycles. The van der Waals surface area contributed by atoms with Crippen molar-refractivity contribution in [3.8, 4) is 0 Å². The summed E-state index contributed by atoms with van der Waals surface area (Å²) in [4.78, 5) is 17.4. The molecule has 1 aliphatic rings. The smallest absolute Gasteiger partial charge is 0.263 e. The van der Waals surface area contributed by atoms with Gasteiger partial charge in [0, 0.05) is 27.5 Å². The zero-order valence-electron chi connectivity index (χ0n) is 11.6. The van der Waals surface area contributed by atoms with E-state index in [2.05, 4.69) is 22.5 Å². The highest BCUT2D eigenvalue weighted by Gasteiger charge is 2.21. The Morgan fingerprint density at radius 1 is 1.40 bits per heavy atom. The van der Waals surface area contributed by atoms with Gasteiger partial charge in [-0.25, -0.2) is 0 Å². The summed E-state index contributed by atoms with van der Waals surface area (Å²) in [6.07, 6.45) is 5.99. The summed E-state index contributed by atoms with van der Waals surface area (Å²) >= 11 is 1.45. The average molecular weight is 287 g/mol. The maximum atomic E-state index is 12.4. The minimum atomic E-state index is -0.0746. The van der Waals surface area contributed by atoms with E-state index in [-0.39, 0.29) is 11.9 Å². The van der Waals surface area contributed by atoms with Crippen molar-refractivity contribution >= 4 is 33.0 Å². The van der Waals surface area contributed by atoms with Crippen molar-refractivity contribution in [2.24, 2.45) is 0 Å². The first-order chi connectivity index (χ1) is 9.56. The van der Waals surface area contributed by atoms with Crippen molar-refractivity contribution in [1.82, 2.24) is 10.3 Å². The van der Waals surface area contributed by atoms with Gasteiger partial charge < -0.3 is 11.1 Å². The van der Waals surface area contributed by atoms with Crippen molar-refractivity contribution in [2.45, 2.75) is 32.7 Å². The highest BCUT2D eigenvalue weighted by atomic mass is 32.1. The second kappa shape index (κ2) is 4.90. The number of anilines is 1. The van der Waals surface area contributed by atoms with Crippen molar-refractivity contribution in [3.63, 3.8) is 0 Å². The standard InChI is InChI=1S/C15H17N3OS/c1-8-7-11-12(9(2)17-8)13(16)14(20-11)15(19)18-10-5-3-4-6-10/h3-4,7,10H,5-6,16H2,1-2H3,(H,18,19). The van der Waals surface area contributed by atoms with Crippen LogP contribution < -0.4 is 11.1 Å². The number of hydrogen-bond donors (Lipinski definition) is 2. The van der Waals surface area contributed by atoms with Crippen LogP contribution in [0.1, 0.15) is 33.9 Å². The van der Waals surface area contributed by atoms with Gasteiger partial charge in [0.25, 0.3) is 5.91 Å². The van der Waals surface area contributed by atoms with Gasteiger partial charge in [0.15, 0.2) is 0 Å². The van der Waals surface area contributed by atoms with Crippen LogP contribution in [-0.4, -0.2) is 16.9 Å². The summed E-state index contributed by atoms with van der Waals surface area (Å²) in [6, 6.07) is 2.19. The first-order valence-electron chi connectivity index (χ1n) is 6.68. The number of aromatic nitrogens is 1. The topological polar surface area (TPSA) is 68.0 Å². The maximum absolute atomic E-state index is 12.4. The molecule has 0 radical (unpaired) electrons. The molecule has 20 heavy (non-hydrogen) atoms. The van der Waals surface area contributed by atoms with E-state index in [1.54, 1.807) is 0 Å². The fourth-order valence-electron chi connectivity index (χ4n) is 2.63.